The highest BCUT2D eigenvalue weighted by Crippen LogP contribution is 2.69. The van der Waals surface area contributed by atoms with E-state index in [4.69, 9.17) is 25.8 Å². The first-order valence-corrected chi connectivity index (χ1v) is 18.8. The van der Waals surface area contributed by atoms with Crippen molar-refractivity contribution in [1.82, 2.24) is 0 Å². The maximum atomic E-state index is 10.2. The van der Waals surface area contributed by atoms with Crippen LogP contribution >= 0.6 is 0 Å². The van der Waals surface area contributed by atoms with Gasteiger partial charge in [-0.1, -0.05) is 66.0 Å². The summed E-state index contributed by atoms with van der Waals surface area (Å²) in [6.45, 7) is 12.8. The highest BCUT2D eigenvalue weighted by Gasteiger charge is 2.63. The van der Waals surface area contributed by atoms with Crippen LogP contribution in [0.1, 0.15) is 117 Å². The van der Waals surface area contributed by atoms with Crippen LogP contribution in [0.2, 0.25) is 0 Å². The summed E-state index contributed by atoms with van der Waals surface area (Å²) in [5.74, 6) is 5.95. The van der Waals surface area contributed by atoms with Gasteiger partial charge in [-0.05, 0) is 152 Å². The van der Waals surface area contributed by atoms with Gasteiger partial charge in [-0.2, -0.15) is 0 Å². The fourth-order valence-electron chi connectivity index (χ4n) is 11.6. The Morgan fingerprint density at radius 2 is 1.45 bits per heavy atom. The Morgan fingerprint density at radius 1 is 0.787 bits per heavy atom. The maximum absolute atomic E-state index is 10.2. The minimum atomic E-state index is -0.369. The number of nitrogen functional groups attached to an aromatic ring is 2. The highest BCUT2D eigenvalue weighted by molar-refractivity contribution is 5.41. The van der Waals surface area contributed by atoms with Crippen LogP contribution in [0.5, 0.6) is 5.75 Å². The summed E-state index contributed by atoms with van der Waals surface area (Å²) >= 11 is 0. The second-order valence-electron chi connectivity index (χ2n) is 17.0. The quantitative estimate of drug-likeness (QED) is 0.0918. The van der Waals surface area contributed by atoms with Crippen molar-refractivity contribution in [3.05, 3.63) is 54.1 Å². The Morgan fingerprint density at radius 3 is 2.13 bits per heavy atom. The van der Waals surface area contributed by atoms with Gasteiger partial charge in [-0.25, -0.2) is 4.89 Å². The number of hydrogen-bond acceptors (Lipinski definition) is 6. The summed E-state index contributed by atoms with van der Waals surface area (Å²) in [5, 5.41) is 10.2. The van der Waals surface area contributed by atoms with Gasteiger partial charge in [0.05, 0.1) is 6.10 Å². The number of hydrogen-bond donors (Lipinski definition) is 3. The molecule has 47 heavy (non-hydrogen) atoms. The number of rotatable bonds is 12. The van der Waals surface area contributed by atoms with Crippen LogP contribution in [0, 0.1) is 58.2 Å². The number of nitrogens with two attached hydrogens (primary N) is 2. The molecule has 4 fully saturated rings. The van der Waals surface area contributed by atoms with Gasteiger partial charge in [-0.3, -0.25) is 5.26 Å². The first-order valence-electron chi connectivity index (χ1n) is 18.8. The molecule has 5 N–H and O–H groups in total. The third-order valence-electron chi connectivity index (χ3n) is 14.1. The monoisotopic (exact) mass is 646 g/mol. The van der Waals surface area contributed by atoms with E-state index in [1.807, 2.05) is 48.5 Å². The second kappa shape index (κ2) is 14.3. The van der Waals surface area contributed by atoms with Crippen LogP contribution in [0.3, 0.4) is 0 Å². The van der Waals surface area contributed by atoms with Crippen molar-refractivity contribution in [3.63, 3.8) is 0 Å². The Labute approximate surface area is 284 Å². The van der Waals surface area contributed by atoms with Crippen molar-refractivity contribution in [2.75, 3.05) is 18.3 Å². The highest BCUT2D eigenvalue weighted by atomic mass is 17.1. The molecule has 2 aromatic rings. The van der Waals surface area contributed by atoms with Gasteiger partial charge in [0.15, 0.2) is 6.79 Å². The van der Waals surface area contributed by atoms with E-state index >= 15 is 0 Å². The average molecular weight is 647 g/mol. The molecular formula is C41H62N2O4. The zero-order valence-electron chi connectivity index (χ0n) is 29.7. The Hall–Kier alpha value is -2.28. The topological polar surface area (TPSA) is 100.0 Å². The first-order chi connectivity index (χ1) is 22.5. The lowest BCUT2D eigenvalue weighted by molar-refractivity contribution is -0.302. The van der Waals surface area contributed by atoms with Crippen LogP contribution in [-0.4, -0.2) is 18.2 Å². The SMILES string of the molecule is CC(C)CCCC(C)C1CCC2C3CC(OCOc4ccc(N)cc4)C4CC(C(OO)c5ccc(N)cc5)CCC4(C)C3CCC12C. The zero-order chi connectivity index (χ0) is 33.3. The molecule has 0 amide bonds. The summed E-state index contributed by atoms with van der Waals surface area (Å²) < 4.78 is 13.0. The fraction of sp³-hybridized carbons (Fsp3) is 0.707. The molecule has 11 unspecified atom stereocenters. The smallest absolute Gasteiger partial charge is 0.189 e. The maximum Gasteiger partial charge on any atom is 0.189 e. The molecule has 0 aromatic heterocycles. The van der Waals surface area contributed by atoms with Crippen molar-refractivity contribution < 1.29 is 19.6 Å². The molecule has 6 nitrogen and oxygen atoms in total. The molecule has 4 aliphatic carbocycles. The lowest BCUT2D eigenvalue weighted by atomic mass is 9.43. The molecule has 0 radical (unpaired) electrons. The lowest BCUT2D eigenvalue weighted by Crippen LogP contribution is -2.58. The number of anilines is 2. The number of fused-ring (bicyclic) bond motifs is 5. The van der Waals surface area contributed by atoms with Crippen molar-refractivity contribution in [3.8, 4) is 5.75 Å². The van der Waals surface area contributed by atoms with Crippen LogP contribution < -0.4 is 16.2 Å². The van der Waals surface area contributed by atoms with E-state index in [-0.39, 0.29) is 30.3 Å². The molecule has 4 saturated carbocycles. The van der Waals surface area contributed by atoms with Crippen LogP contribution in [-0.2, 0) is 9.62 Å². The summed E-state index contributed by atoms with van der Waals surface area (Å²) in [4.78, 5) is 5.25. The van der Waals surface area contributed by atoms with E-state index in [0.717, 1.165) is 72.0 Å². The van der Waals surface area contributed by atoms with E-state index < -0.39 is 0 Å². The van der Waals surface area contributed by atoms with Crippen LogP contribution in [0.15, 0.2) is 48.5 Å². The molecule has 0 heterocycles. The molecule has 0 saturated heterocycles. The third kappa shape index (κ3) is 6.94. The molecular weight excluding hydrogens is 584 g/mol. The first kappa shape index (κ1) is 34.6. The van der Waals surface area contributed by atoms with Gasteiger partial charge in [0.2, 0.25) is 0 Å². The van der Waals surface area contributed by atoms with Crippen molar-refractivity contribution in [1.29, 1.82) is 0 Å². The molecule has 0 spiro atoms. The van der Waals surface area contributed by atoms with Gasteiger partial charge < -0.3 is 20.9 Å². The Bertz CT molecular complexity index is 1300. The summed E-state index contributed by atoms with van der Waals surface area (Å²) in [5.41, 5.74) is 15.0. The standard InChI is InChI=1S/C41H62N2O4/c1-26(2)7-6-8-27(3)34-17-18-35-33-24-38(46-25-45-32-15-13-31(43)14-16-32)37-23-29(39(47-44)28-9-11-30(42)12-10-28)19-21-41(37,5)36(33)20-22-40(34,35)4/h9-16,26-27,29,33-39,44H,6-8,17-25,42-43H2,1-5H3. The normalized spacial score (nSPS) is 36.3. The summed E-state index contributed by atoms with van der Waals surface area (Å²) in [6.07, 6.45) is 13.5. The van der Waals surface area contributed by atoms with E-state index in [1.165, 1.54) is 44.9 Å². The van der Waals surface area contributed by atoms with Crippen LogP contribution in [0.4, 0.5) is 11.4 Å². The second-order valence-corrected chi connectivity index (χ2v) is 17.0. The van der Waals surface area contributed by atoms with Gasteiger partial charge in [-0.15, -0.1) is 0 Å². The van der Waals surface area contributed by atoms with Gasteiger partial charge >= 0.3 is 0 Å². The van der Waals surface area contributed by atoms with Crippen molar-refractivity contribution >= 4 is 11.4 Å². The predicted octanol–water partition coefficient (Wildman–Crippen LogP) is 10.2. The van der Waals surface area contributed by atoms with Gasteiger partial charge in [0.1, 0.15) is 11.9 Å². The third-order valence-corrected chi connectivity index (χ3v) is 14.1. The average Bonchev–Trinajstić information content (AvgIpc) is 3.41. The van der Waals surface area contributed by atoms with E-state index in [0.29, 0.717) is 23.2 Å². The molecule has 4 aliphatic rings. The fourth-order valence-corrected chi connectivity index (χ4v) is 11.6. The van der Waals surface area contributed by atoms with E-state index in [2.05, 4.69) is 34.6 Å². The van der Waals surface area contributed by atoms with Gasteiger partial charge in [0.25, 0.3) is 0 Å². The Balaban J connectivity index is 1.23. The lowest BCUT2D eigenvalue weighted by Gasteiger charge is -2.63. The summed E-state index contributed by atoms with van der Waals surface area (Å²) in [6, 6.07) is 15.4. The minimum absolute atomic E-state index is 0.105. The molecule has 11 atom stereocenters. The molecule has 6 rings (SSSR count). The van der Waals surface area contributed by atoms with E-state index in [9.17, 15) is 5.26 Å². The van der Waals surface area contributed by atoms with Crippen molar-refractivity contribution in [2.45, 2.75) is 117 Å². The molecule has 0 aliphatic heterocycles. The Kier molecular flexibility index (Phi) is 10.5. The number of ether oxygens (including phenoxy) is 2. The van der Waals surface area contributed by atoms with Crippen molar-refractivity contribution in [2.24, 2.45) is 58.2 Å². The van der Waals surface area contributed by atoms with E-state index in [1.54, 1.807) is 0 Å². The van der Waals surface area contributed by atoms with Gasteiger partial charge in [0, 0.05) is 11.4 Å². The molecule has 260 valence electrons. The number of benzene rings is 2. The molecule has 0 bridgehead atoms. The van der Waals surface area contributed by atoms with Crippen LogP contribution in [0.25, 0.3) is 0 Å². The predicted molar refractivity (Wildman–Crippen MR) is 190 cm³/mol. The zero-order valence-corrected chi connectivity index (χ0v) is 29.7. The minimum Gasteiger partial charge on any atom is -0.468 e. The molecule has 6 heteroatoms. The summed E-state index contributed by atoms with van der Waals surface area (Å²) in [7, 11) is 0. The largest absolute Gasteiger partial charge is 0.468 e. The molecule has 2 aromatic carbocycles.